The lowest BCUT2D eigenvalue weighted by atomic mass is 9.98. The van der Waals surface area contributed by atoms with Crippen LogP contribution < -0.4 is 11.1 Å². The Morgan fingerprint density at radius 2 is 1.93 bits per heavy atom. The van der Waals surface area contributed by atoms with Crippen molar-refractivity contribution in [1.82, 2.24) is 4.98 Å². The minimum atomic E-state index is -3.95. The topological polar surface area (TPSA) is 102 Å². The Balaban J connectivity index is 2.07. The van der Waals surface area contributed by atoms with E-state index in [0.29, 0.717) is 35.4 Å². The van der Waals surface area contributed by atoms with Gasteiger partial charge in [0, 0.05) is 22.5 Å². The van der Waals surface area contributed by atoms with Crippen molar-refractivity contribution in [3.05, 3.63) is 58.6 Å². The van der Waals surface area contributed by atoms with Crippen LogP contribution in [0.5, 0.6) is 0 Å². The van der Waals surface area contributed by atoms with Crippen molar-refractivity contribution in [2.45, 2.75) is 16.2 Å². The number of aromatic nitrogens is 1. The van der Waals surface area contributed by atoms with Gasteiger partial charge in [-0.1, -0.05) is 29.8 Å². The summed E-state index contributed by atoms with van der Waals surface area (Å²) in [7, 11) is -3.95. The summed E-state index contributed by atoms with van der Waals surface area (Å²) in [4.78, 5) is 17.6. The third-order valence-corrected chi connectivity index (χ3v) is 6.60. The van der Waals surface area contributed by atoms with Crippen molar-refractivity contribution < 1.29 is 13.2 Å². The number of carbonyl (C=O) groups is 1. The van der Waals surface area contributed by atoms with E-state index in [1.165, 1.54) is 18.2 Å². The fraction of sp³-hybridized carbons (Fsp3) is 0.158. The lowest BCUT2D eigenvalue weighted by Gasteiger charge is -2.23. The predicted molar refractivity (Wildman–Crippen MR) is 104 cm³/mol. The molecule has 6 nitrogen and oxygen atoms in total. The second-order valence-electron chi connectivity index (χ2n) is 6.22. The lowest BCUT2D eigenvalue weighted by molar-refractivity contribution is 0.103. The van der Waals surface area contributed by atoms with Gasteiger partial charge in [0.15, 0.2) is 5.78 Å². The highest BCUT2D eigenvalue weighted by Crippen LogP contribution is 2.41. The minimum Gasteiger partial charge on any atom is -0.369 e. The molecule has 0 atom stereocenters. The number of nitrogens with two attached hydrogens (primary N) is 1. The van der Waals surface area contributed by atoms with Gasteiger partial charge in [-0.25, -0.2) is 13.4 Å². The highest BCUT2D eigenvalue weighted by Gasteiger charge is 2.39. The Bertz CT molecular complexity index is 1190. The Morgan fingerprint density at radius 1 is 1.15 bits per heavy atom. The van der Waals surface area contributed by atoms with Crippen LogP contribution in [0, 0.1) is 0 Å². The van der Waals surface area contributed by atoms with E-state index in [1.807, 2.05) is 0 Å². The normalized spacial score (nSPS) is 14.7. The average Bonchev–Trinajstić information content (AvgIpc) is 2.65. The largest absolute Gasteiger partial charge is 0.369 e. The Morgan fingerprint density at radius 3 is 2.70 bits per heavy atom. The van der Waals surface area contributed by atoms with E-state index in [0.717, 1.165) is 0 Å². The highest BCUT2D eigenvalue weighted by atomic mass is 35.5. The van der Waals surface area contributed by atoms with Crippen LogP contribution in [-0.2, 0) is 9.84 Å². The molecule has 0 radical (unpaired) electrons. The van der Waals surface area contributed by atoms with Crippen molar-refractivity contribution in [2.24, 2.45) is 5.73 Å². The number of hydrogen-bond donors (Lipinski definition) is 2. The first-order chi connectivity index (χ1) is 12.9. The number of anilines is 1. The Hall–Kier alpha value is -2.48. The van der Waals surface area contributed by atoms with Gasteiger partial charge in [0.25, 0.3) is 0 Å². The maximum absolute atomic E-state index is 13.3. The average molecular weight is 402 g/mol. The standard InChI is InChI=1S/C19H16ClN3O3S/c20-11-6-7-15-13(10-11)17(24)16-12-4-1-2-5-14(12)23-19(22-9-3-8-21)18(16)27(15,25)26/h1-2,4-7,10H,3,8-9,21H2,(H,22,23). The summed E-state index contributed by atoms with van der Waals surface area (Å²) in [6.07, 6.45) is 0.642. The zero-order valence-electron chi connectivity index (χ0n) is 14.2. The zero-order chi connectivity index (χ0) is 19.2. The molecule has 2 aromatic carbocycles. The molecular formula is C19H16ClN3O3S. The maximum atomic E-state index is 13.3. The van der Waals surface area contributed by atoms with Gasteiger partial charge in [-0.05, 0) is 37.2 Å². The number of nitrogens with one attached hydrogen (secondary N) is 1. The van der Waals surface area contributed by atoms with E-state index >= 15 is 0 Å². The van der Waals surface area contributed by atoms with Crippen LogP contribution >= 0.6 is 11.6 Å². The monoisotopic (exact) mass is 401 g/mol. The van der Waals surface area contributed by atoms with Crippen molar-refractivity contribution in [3.8, 4) is 0 Å². The summed E-state index contributed by atoms with van der Waals surface area (Å²) in [5.41, 5.74) is 6.28. The predicted octanol–water partition coefficient (Wildman–Crippen LogP) is 3.03. The van der Waals surface area contributed by atoms with E-state index in [-0.39, 0.29) is 32.5 Å². The number of fused-ring (bicyclic) bond motifs is 4. The summed E-state index contributed by atoms with van der Waals surface area (Å²) in [6, 6.07) is 11.2. The Kier molecular flexibility index (Phi) is 4.38. The molecule has 4 rings (SSSR count). The molecule has 1 aliphatic heterocycles. The second kappa shape index (κ2) is 6.60. The summed E-state index contributed by atoms with van der Waals surface area (Å²) >= 11 is 6.01. The molecule has 1 aromatic heterocycles. The number of nitrogens with zero attached hydrogens (tertiary/aromatic N) is 1. The molecule has 0 bridgehead atoms. The summed E-state index contributed by atoms with van der Waals surface area (Å²) < 4.78 is 26.7. The van der Waals surface area contributed by atoms with Crippen LogP contribution in [0.25, 0.3) is 10.9 Å². The van der Waals surface area contributed by atoms with Crippen LogP contribution in [-0.4, -0.2) is 32.3 Å². The third-order valence-electron chi connectivity index (χ3n) is 4.49. The number of sulfone groups is 1. The Labute approximate surface area is 161 Å². The molecule has 0 amide bonds. The van der Waals surface area contributed by atoms with Gasteiger partial charge in [-0.3, -0.25) is 4.79 Å². The van der Waals surface area contributed by atoms with Crippen molar-refractivity contribution in [2.75, 3.05) is 18.4 Å². The first kappa shape index (κ1) is 17.9. The number of hydrogen-bond acceptors (Lipinski definition) is 6. The van der Waals surface area contributed by atoms with Gasteiger partial charge < -0.3 is 11.1 Å². The van der Waals surface area contributed by atoms with Gasteiger partial charge in [0.1, 0.15) is 10.7 Å². The minimum absolute atomic E-state index is 0.0524. The summed E-state index contributed by atoms with van der Waals surface area (Å²) in [6.45, 7) is 0.904. The van der Waals surface area contributed by atoms with Crippen LogP contribution in [0.2, 0.25) is 5.02 Å². The fourth-order valence-corrected chi connectivity index (χ4v) is 5.19. The van der Waals surface area contributed by atoms with E-state index in [4.69, 9.17) is 17.3 Å². The molecule has 3 N–H and O–H groups in total. The van der Waals surface area contributed by atoms with Crippen molar-refractivity contribution in [1.29, 1.82) is 0 Å². The highest BCUT2D eigenvalue weighted by molar-refractivity contribution is 7.92. The van der Waals surface area contributed by atoms with Gasteiger partial charge in [-0.15, -0.1) is 0 Å². The molecule has 0 fully saturated rings. The van der Waals surface area contributed by atoms with Crippen LogP contribution in [0.4, 0.5) is 5.82 Å². The molecule has 0 spiro atoms. The first-order valence-corrected chi connectivity index (χ1v) is 10.3. The van der Waals surface area contributed by atoms with E-state index in [9.17, 15) is 13.2 Å². The molecule has 0 saturated heterocycles. The van der Waals surface area contributed by atoms with Crippen molar-refractivity contribution in [3.63, 3.8) is 0 Å². The number of para-hydroxylation sites is 1. The van der Waals surface area contributed by atoms with Crippen LogP contribution in [0.1, 0.15) is 22.3 Å². The fourth-order valence-electron chi connectivity index (χ4n) is 3.27. The molecule has 0 unspecified atom stereocenters. The zero-order valence-corrected chi connectivity index (χ0v) is 15.8. The van der Waals surface area contributed by atoms with Gasteiger partial charge in [0.2, 0.25) is 9.84 Å². The molecule has 3 aromatic rings. The van der Waals surface area contributed by atoms with Crippen molar-refractivity contribution >= 4 is 43.9 Å². The van der Waals surface area contributed by atoms with E-state index in [1.54, 1.807) is 24.3 Å². The SMILES string of the molecule is NCCCNc1nc2ccccc2c2c1S(=O)(=O)c1ccc(Cl)cc1C2=O. The maximum Gasteiger partial charge on any atom is 0.211 e. The number of pyridine rings is 1. The molecule has 0 aliphatic carbocycles. The number of benzene rings is 2. The molecule has 8 heteroatoms. The smallest absolute Gasteiger partial charge is 0.211 e. The molecule has 0 saturated carbocycles. The summed E-state index contributed by atoms with van der Waals surface area (Å²) in [5, 5.41) is 3.84. The quantitative estimate of drug-likeness (QED) is 0.509. The number of carbonyl (C=O) groups excluding carboxylic acids is 1. The molecule has 138 valence electrons. The third kappa shape index (κ3) is 2.79. The van der Waals surface area contributed by atoms with E-state index < -0.39 is 9.84 Å². The summed E-state index contributed by atoms with van der Waals surface area (Å²) in [5.74, 6) is -0.205. The van der Waals surface area contributed by atoms with Crippen LogP contribution in [0.3, 0.4) is 0 Å². The molecular weight excluding hydrogens is 386 g/mol. The van der Waals surface area contributed by atoms with Gasteiger partial charge in [0.05, 0.1) is 16.0 Å². The lowest BCUT2D eigenvalue weighted by Crippen LogP contribution is -2.23. The number of ketones is 1. The van der Waals surface area contributed by atoms with E-state index in [2.05, 4.69) is 10.3 Å². The number of rotatable bonds is 4. The molecule has 1 aliphatic rings. The molecule has 2 heterocycles. The first-order valence-electron chi connectivity index (χ1n) is 8.41. The molecule has 27 heavy (non-hydrogen) atoms. The van der Waals surface area contributed by atoms with Gasteiger partial charge >= 0.3 is 0 Å². The second-order valence-corrected chi connectivity index (χ2v) is 8.52. The van der Waals surface area contributed by atoms with Gasteiger partial charge in [-0.2, -0.15) is 0 Å². The number of halogens is 1. The van der Waals surface area contributed by atoms with Crippen LogP contribution in [0.15, 0.2) is 52.3 Å².